The lowest BCUT2D eigenvalue weighted by molar-refractivity contribution is -0.307. The van der Waals surface area contributed by atoms with E-state index in [1.807, 2.05) is 37.3 Å². The van der Waals surface area contributed by atoms with E-state index < -0.39 is 0 Å². The molecule has 5 saturated carbocycles. The number of hydrogen-bond acceptors (Lipinski definition) is 7. The predicted octanol–water partition coefficient (Wildman–Crippen LogP) is 1.71. The zero-order valence-electron chi connectivity index (χ0n) is 20.0. The minimum absolute atomic E-state index is 0.251. The summed E-state index contributed by atoms with van der Waals surface area (Å²) >= 11 is 0. The van der Waals surface area contributed by atoms with Gasteiger partial charge in [0.25, 0.3) is 5.91 Å². The number of hydrogen-bond donors (Lipinski definition) is 2. The van der Waals surface area contributed by atoms with Crippen molar-refractivity contribution in [1.29, 1.82) is 0 Å². The number of rotatable bonds is 8. The third kappa shape index (κ3) is 1.74. The summed E-state index contributed by atoms with van der Waals surface area (Å²) in [6.07, 6.45) is 0. The molecular formula is C27H26N6O3. The second kappa shape index (κ2) is 5.80. The molecule has 0 aliphatic heterocycles. The second-order valence-electron chi connectivity index (χ2n) is 11.9. The van der Waals surface area contributed by atoms with Crippen molar-refractivity contribution in [3.8, 4) is 17.1 Å². The fourth-order valence-corrected chi connectivity index (χ4v) is 10.9. The molecule has 3 aromatic rings. The van der Waals surface area contributed by atoms with Crippen LogP contribution in [0.2, 0.25) is 0 Å². The van der Waals surface area contributed by atoms with E-state index in [-0.39, 0.29) is 5.91 Å². The van der Waals surface area contributed by atoms with Gasteiger partial charge in [-0.25, -0.2) is 4.98 Å². The van der Waals surface area contributed by atoms with Crippen molar-refractivity contribution in [2.45, 2.75) is 20.0 Å². The van der Waals surface area contributed by atoms with Gasteiger partial charge in [-0.15, -0.1) is 10.2 Å². The van der Waals surface area contributed by atoms with Crippen LogP contribution in [0.25, 0.3) is 11.4 Å². The van der Waals surface area contributed by atoms with E-state index in [9.17, 15) is 9.90 Å². The third-order valence-corrected chi connectivity index (χ3v) is 11.2. The molecule has 0 bridgehead atoms. The summed E-state index contributed by atoms with van der Waals surface area (Å²) in [7, 11) is 1.62. The minimum Gasteiger partial charge on any atom is -0.497 e. The maximum atomic E-state index is 12.9. The van der Waals surface area contributed by atoms with E-state index in [4.69, 9.17) is 9.84 Å². The molecule has 5 aliphatic carbocycles. The fraction of sp³-hybridized carbons (Fsp3) is 0.519. The van der Waals surface area contributed by atoms with Crippen molar-refractivity contribution in [3.05, 3.63) is 53.3 Å². The highest BCUT2D eigenvalue weighted by atomic mass is 16.5. The van der Waals surface area contributed by atoms with Crippen LogP contribution < -0.4 is 10.1 Å². The van der Waals surface area contributed by atoms with Crippen LogP contribution in [-0.4, -0.2) is 49.9 Å². The molecule has 0 saturated heterocycles. The minimum atomic E-state index is -0.251. The number of ether oxygens (including phenoxy) is 1. The Morgan fingerprint density at radius 2 is 1.94 bits per heavy atom. The molecule has 2 heterocycles. The first kappa shape index (κ1) is 19.8. The van der Waals surface area contributed by atoms with Gasteiger partial charge in [-0.2, -0.15) is 4.80 Å². The van der Waals surface area contributed by atoms with E-state index in [1.54, 1.807) is 18.0 Å². The Hall–Kier alpha value is -3.33. The van der Waals surface area contributed by atoms with Gasteiger partial charge in [-0.1, -0.05) is 12.1 Å². The van der Waals surface area contributed by atoms with Crippen molar-refractivity contribution in [3.63, 3.8) is 0 Å². The zero-order chi connectivity index (χ0) is 24.2. The van der Waals surface area contributed by atoms with Gasteiger partial charge in [0.1, 0.15) is 11.4 Å². The van der Waals surface area contributed by atoms with E-state index in [2.05, 4.69) is 20.6 Å². The highest BCUT2D eigenvalue weighted by molar-refractivity contribution is 5.93. The molecule has 36 heavy (non-hydrogen) atoms. The number of methoxy groups -OCH3 is 1. The van der Waals surface area contributed by atoms with Crippen LogP contribution in [0.4, 0.5) is 0 Å². The standard InChI is InChI=1S/C27H26N6O3/c1-12-6-14(8-16(29-12)24(35)28-9-13-4-3-5-15(7-13)36-2)23-30-32-33(31-23)10-25-17-18-19(25)27-20(17)26(18,11-34)22(27)21(25)27/h3-8,17-22,34H,9-11H2,1-2H3,(H,28,35). The lowest BCUT2D eigenvalue weighted by Gasteiger charge is -2.75. The molecule has 0 radical (unpaired) electrons. The Morgan fingerprint density at radius 1 is 1.14 bits per heavy atom. The van der Waals surface area contributed by atoms with Crippen LogP contribution in [0.3, 0.4) is 0 Å². The van der Waals surface area contributed by atoms with Crippen LogP contribution in [0, 0.1) is 58.7 Å². The molecule has 8 rings (SSSR count). The number of aliphatic hydroxyl groups is 1. The molecule has 1 amide bonds. The molecule has 2 aromatic heterocycles. The van der Waals surface area contributed by atoms with Gasteiger partial charge in [-0.3, -0.25) is 4.79 Å². The molecule has 5 fully saturated rings. The van der Waals surface area contributed by atoms with Crippen LogP contribution in [0.15, 0.2) is 36.4 Å². The summed E-state index contributed by atoms with van der Waals surface area (Å²) in [6, 6.07) is 11.2. The lowest BCUT2D eigenvalue weighted by Crippen LogP contribution is -2.75. The van der Waals surface area contributed by atoms with Crippen molar-refractivity contribution in [2.24, 2.45) is 51.8 Å². The van der Waals surface area contributed by atoms with Gasteiger partial charge in [0.15, 0.2) is 0 Å². The van der Waals surface area contributed by atoms with Gasteiger partial charge >= 0.3 is 0 Å². The van der Waals surface area contributed by atoms with Crippen LogP contribution in [0.5, 0.6) is 5.75 Å². The molecule has 1 aromatic carbocycles. The molecule has 2 N–H and O–H groups in total. The number of nitrogens with zero attached hydrogens (tertiary/aromatic N) is 5. The Bertz CT molecular complexity index is 1510. The molecular weight excluding hydrogens is 456 g/mol. The predicted molar refractivity (Wildman–Crippen MR) is 125 cm³/mol. The number of benzene rings is 1. The Morgan fingerprint density at radius 3 is 2.67 bits per heavy atom. The van der Waals surface area contributed by atoms with Crippen LogP contribution in [-0.2, 0) is 13.1 Å². The topological polar surface area (TPSA) is 115 Å². The maximum Gasteiger partial charge on any atom is 0.270 e. The molecule has 9 unspecified atom stereocenters. The Labute approximate surface area is 207 Å². The summed E-state index contributed by atoms with van der Waals surface area (Å²) in [4.78, 5) is 19.1. The maximum absolute atomic E-state index is 12.9. The molecule has 5 aliphatic rings. The fourth-order valence-electron chi connectivity index (χ4n) is 10.9. The van der Waals surface area contributed by atoms with Crippen LogP contribution in [0.1, 0.15) is 21.7 Å². The van der Waals surface area contributed by atoms with Crippen molar-refractivity contribution >= 4 is 5.91 Å². The first-order valence-electron chi connectivity index (χ1n) is 12.8. The normalized spacial score (nSPS) is 42.0. The second-order valence-corrected chi connectivity index (χ2v) is 11.9. The number of amides is 1. The average molecular weight is 483 g/mol. The summed E-state index contributed by atoms with van der Waals surface area (Å²) in [5, 5.41) is 26.4. The number of aromatic nitrogens is 5. The Balaban J connectivity index is 0.927. The number of aryl methyl sites for hydroxylation is 1. The zero-order valence-corrected chi connectivity index (χ0v) is 20.0. The molecule has 9 heteroatoms. The molecule has 9 atom stereocenters. The number of pyridine rings is 1. The number of aliphatic hydroxyl groups excluding tert-OH is 1. The van der Waals surface area contributed by atoms with E-state index in [0.29, 0.717) is 40.9 Å². The monoisotopic (exact) mass is 482 g/mol. The number of nitrogens with one attached hydrogen (secondary N) is 1. The summed E-state index contributed by atoms with van der Waals surface area (Å²) in [6.45, 7) is 3.48. The molecule has 182 valence electrons. The third-order valence-electron chi connectivity index (χ3n) is 11.2. The summed E-state index contributed by atoms with van der Waals surface area (Å²) in [5.74, 6) is 5.72. The number of carbonyl (C=O) groups is 1. The quantitative estimate of drug-likeness (QED) is 0.470. The lowest BCUT2D eigenvalue weighted by atomic mass is 9.29. The smallest absolute Gasteiger partial charge is 0.270 e. The van der Waals surface area contributed by atoms with Gasteiger partial charge in [0, 0.05) is 35.2 Å². The largest absolute Gasteiger partial charge is 0.497 e. The average Bonchev–Trinajstić information content (AvgIpc) is 3.38. The highest BCUT2D eigenvalue weighted by Crippen LogP contribution is 3.22. The van der Waals surface area contributed by atoms with Gasteiger partial charge in [0.05, 0.1) is 13.7 Å². The van der Waals surface area contributed by atoms with Crippen LogP contribution >= 0.6 is 0 Å². The SMILES string of the molecule is COc1cccc(CNC(=O)c2cc(-c3nnn(CC45C6C7C4C48C6C7(CO)C4C58)n3)cc(C)n2)c1. The number of fused-ring (bicyclic) bond motifs is 10. The Kier molecular flexibility index (Phi) is 3.19. The van der Waals surface area contributed by atoms with E-state index in [0.717, 1.165) is 64.6 Å². The van der Waals surface area contributed by atoms with E-state index >= 15 is 0 Å². The summed E-state index contributed by atoms with van der Waals surface area (Å²) < 4.78 is 5.26. The molecule has 9 nitrogen and oxygen atoms in total. The highest BCUT2D eigenvalue weighted by Gasteiger charge is 3.21. The first-order valence-corrected chi connectivity index (χ1v) is 12.8. The van der Waals surface area contributed by atoms with Gasteiger partial charge in [0.2, 0.25) is 5.82 Å². The summed E-state index contributed by atoms with van der Waals surface area (Å²) in [5.41, 5.74) is 4.07. The van der Waals surface area contributed by atoms with E-state index in [1.165, 1.54) is 0 Å². The van der Waals surface area contributed by atoms with Crippen molar-refractivity contribution in [1.82, 2.24) is 30.5 Å². The number of carbonyl (C=O) groups excluding carboxylic acids is 1. The number of tetrazole rings is 1. The van der Waals surface area contributed by atoms with Gasteiger partial charge in [-0.05, 0) is 82.9 Å². The molecule has 1 spiro atoms. The van der Waals surface area contributed by atoms with Crippen molar-refractivity contribution < 1.29 is 14.6 Å². The van der Waals surface area contributed by atoms with Gasteiger partial charge < -0.3 is 15.2 Å². The first-order chi connectivity index (χ1) is 17.5. The van der Waals surface area contributed by atoms with Crippen molar-refractivity contribution in [2.75, 3.05) is 13.7 Å².